The lowest BCUT2D eigenvalue weighted by molar-refractivity contribution is -0.142. The van der Waals surface area contributed by atoms with E-state index >= 15 is 0 Å². The number of nitrogens with zero attached hydrogens (tertiary/aromatic N) is 1. The van der Waals surface area contributed by atoms with Gasteiger partial charge in [0, 0.05) is 6.54 Å². The van der Waals surface area contributed by atoms with Gasteiger partial charge in [0.1, 0.15) is 6.04 Å². The fraction of sp³-hybridized carbons (Fsp3) is 0.714. The van der Waals surface area contributed by atoms with Crippen LogP contribution in [0.2, 0.25) is 0 Å². The summed E-state index contributed by atoms with van der Waals surface area (Å²) in [5.74, 6) is -2.13. The Morgan fingerprint density at radius 1 is 1.09 bits per heavy atom. The molecule has 0 rings (SSSR count). The van der Waals surface area contributed by atoms with Crippen LogP contribution in [0.5, 0.6) is 0 Å². The molecule has 3 amide bonds. The molecule has 0 heterocycles. The van der Waals surface area contributed by atoms with Crippen LogP contribution in [-0.2, 0) is 19.2 Å². The zero-order chi connectivity index (χ0) is 18.0. The van der Waals surface area contributed by atoms with Gasteiger partial charge in [-0.3, -0.25) is 19.2 Å². The molecular weight excluding hydrogens is 319 g/mol. The highest BCUT2D eigenvalue weighted by Crippen LogP contribution is 2.07. The van der Waals surface area contributed by atoms with Crippen molar-refractivity contribution in [3.63, 3.8) is 0 Å². The van der Waals surface area contributed by atoms with Crippen molar-refractivity contribution in [2.75, 3.05) is 20.1 Å². The van der Waals surface area contributed by atoms with Crippen LogP contribution in [0.1, 0.15) is 33.6 Å². The van der Waals surface area contributed by atoms with E-state index in [0.29, 0.717) is 13.0 Å². The van der Waals surface area contributed by atoms with Crippen molar-refractivity contribution in [3.05, 3.63) is 0 Å². The fourth-order valence-electron chi connectivity index (χ4n) is 2.22. The van der Waals surface area contributed by atoms with Gasteiger partial charge >= 0.3 is 0 Å². The first kappa shape index (κ1) is 21.5. The Morgan fingerprint density at radius 3 is 2.09 bits per heavy atom. The quantitative estimate of drug-likeness (QED) is 0.355. The monoisotopic (exact) mass is 346 g/mol. The van der Waals surface area contributed by atoms with Gasteiger partial charge in [-0.25, -0.2) is 0 Å². The summed E-state index contributed by atoms with van der Waals surface area (Å²) >= 11 is 0. The van der Waals surface area contributed by atoms with Crippen LogP contribution < -0.4 is 15.7 Å². The van der Waals surface area contributed by atoms with Gasteiger partial charge < -0.3 is 20.6 Å². The summed E-state index contributed by atoms with van der Waals surface area (Å²) in [6, 6.07) is -1.59. The molecule has 0 aliphatic rings. The second-order valence-electron chi connectivity index (χ2n) is 4.94. The number of carbonyl (C=O) groups is 4. The summed E-state index contributed by atoms with van der Waals surface area (Å²) in [5, 5.41) is 7.50. The molecule has 0 aromatic heterocycles. The molecule has 3 unspecified atom stereocenters. The molecule has 3 N–H and O–H groups in total. The number of carbonyl (C=O) groups excluding carboxylic acids is 4. The van der Waals surface area contributed by atoms with Crippen molar-refractivity contribution in [1.29, 1.82) is 0 Å². The SMILES string of the molecule is CCC(NC(=O)C(CC)N(CC)C(=O)CNC)C(=O)C(=O)NP. The number of likely N-dealkylation sites (N-methyl/N-ethyl adjacent to an activating group) is 2. The molecule has 0 saturated heterocycles. The standard InChI is InChI=1S/C14H27N4O4P/c1-5-9(12(20)14(22)17-23)16-13(21)10(6-2)18(7-3)11(19)8-15-4/h9-10,15H,5-8,23H2,1-4H3,(H,16,21)(H,17,22). The summed E-state index contributed by atoms with van der Waals surface area (Å²) in [7, 11) is 3.61. The highest BCUT2D eigenvalue weighted by Gasteiger charge is 2.31. The van der Waals surface area contributed by atoms with E-state index in [4.69, 9.17) is 0 Å². The van der Waals surface area contributed by atoms with E-state index in [2.05, 4.69) is 15.7 Å². The van der Waals surface area contributed by atoms with Crippen molar-refractivity contribution in [3.8, 4) is 0 Å². The van der Waals surface area contributed by atoms with Crippen molar-refractivity contribution in [2.24, 2.45) is 0 Å². The van der Waals surface area contributed by atoms with E-state index in [1.807, 2.05) is 9.39 Å². The summed E-state index contributed by atoms with van der Waals surface area (Å²) in [6.45, 7) is 5.78. The molecule has 0 saturated carbocycles. The van der Waals surface area contributed by atoms with Crippen molar-refractivity contribution in [2.45, 2.75) is 45.7 Å². The van der Waals surface area contributed by atoms with Gasteiger partial charge in [-0.1, -0.05) is 13.8 Å². The molecule has 8 nitrogen and oxygen atoms in total. The number of hydrogen-bond acceptors (Lipinski definition) is 5. The number of ketones is 1. The predicted molar refractivity (Wildman–Crippen MR) is 90.5 cm³/mol. The molecular formula is C14H27N4O4P. The molecule has 0 aliphatic heterocycles. The van der Waals surface area contributed by atoms with Crippen LogP contribution in [0.15, 0.2) is 0 Å². The molecule has 0 radical (unpaired) electrons. The summed E-state index contributed by atoms with van der Waals surface area (Å²) in [4.78, 5) is 49.3. The summed E-state index contributed by atoms with van der Waals surface area (Å²) < 4.78 is 0. The number of nitrogens with one attached hydrogen (secondary N) is 3. The van der Waals surface area contributed by atoms with E-state index in [1.54, 1.807) is 27.8 Å². The molecule has 0 bridgehead atoms. The minimum Gasteiger partial charge on any atom is -0.344 e. The molecule has 0 aromatic rings. The van der Waals surface area contributed by atoms with Crippen molar-refractivity contribution < 1.29 is 19.2 Å². The van der Waals surface area contributed by atoms with E-state index in [1.165, 1.54) is 4.90 Å². The molecule has 0 spiro atoms. The lowest BCUT2D eigenvalue weighted by Crippen LogP contribution is -2.55. The maximum Gasteiger partial charge on any atom is 0.292 e. The Hall–Kier alpha value is -1.53. The van der Waals surface area contributed by atoms with Crippen LogP contribution in [0, 0.1) is 0 Å². The minimum atomic E-state index is -0.907. The first-order valence-electron chi connectivity index (χ1n) is 7.66. The first-order valence-corrected chi connectivity index (χ1v) is 8.24. The maximum absolute atomic E-state index is 12.5. The van der Waals surface area contributed by atoms with Crippen LogP contribution in [0.3, 0.4) is 0 Å². The number of hydrogen-bond donors (Lipinski definition) is 3. The van der Waals surface area contributed by atoms with E-state index in [9.17, 15) is 19.2 Å². The van der Waals surface area contributed by atoms with Gasteiger partial charge in [-0.05, 0) is 36.2 Å². The molecule has 132 valence electrons. The Labute approximate surface area is 139 Å². The Bertz CT molecular complexity index is 444. The van der Waals surface area contributed by atoms with Gasteiger partial charge in [-0.15, -0.1) is 0 Å². The van der Waals surface area contributed by atoms with Crippen LogP contribution in [0.4, 0.5) is 0 Å². The number of amides is 3. The molecule has 0 fully saturated rings. The Kier molecular flexibility index (Phi) is 10.3. The van der Waals surface area contributed by atoms with Crippen LogP contribution >= 0.6 is 9.39 Å². The van der Waals surface area contributed by atoms with Gasteiger partial charge in [0.05, 0.1) is 12.6 Å². The lowest BCUT2D eigenvalue weighted by Gasteiger charge is -2.30. The fourth-order valence-corrected chi connectivity index (χ4v) is 2.36. The Morgan fingerprint density at radius 2 is 1.70 bits per heavy atom. The lowest BCUT2D eigenvalue weighted by atomic mass is 10.1. The normalized spacial score (nSPS) is 12.9. The van der Waals surface area contributed by atoms with Crippen molar-refractivity contribution in [1.82, 2.24) is 20.6 Å². The van der Waals surface area contributed by atoms with E-state index < -0.39 is 29.7 Å². The molecule has 0 aliphatic carbocycles. The van der Waals surface area contributed by atoms with Gasteiger partial charge in [0.2, 0.25) is 17.6 Å². The molecule has 23 heavy (non-hydrogen) atoms. The third kappa shape index (κ3) is 6.23. The summed E-state index contributed by atoms with van der Waals surface area (Å²) in [5.41, 5.74) is 0. The van der Waals surface area contributed by atoms with Gasteiger partial charge in [0.15, 0.2) is 0 Å². The van der Waals surface area contributed by atoms with Crippen molar-refractivity contribution >= 4 is 32.9 Å². The van der Waals surface area contributed by atoms with Gasteiger partial charge in [0.25, 0.3) is 5.91 Å². The molecule has 3 atom stereocenters. The van der Waals surface area contributed by atoms with Crippen LogP contribution in [-0.4, -0.2) is 60.6 Å². The van der Waals surface area contributed by atoms with E-state index in [-0.39, 0.29) is 18.9 Å². The average Bonchev–Trinajstić information content (AvgIpc) is 2.55. The second kappa shape index (κ2) is 11.1. The summed E-state index contributed by atoms with van der Waals surface area (Å²) in [6.07, 6.45) is 0.700. The molecule has 0 aromatic carbocycles. The highest BCUT2D eigenvalue weighted by molar-refractivity contribution is 7.15. The average molecular weight is 346 g/mol. The third-order valence-corrected chi connectivity index (χ3v) is 3.71. The number of Topliss-reactive ketones (excluding diaryl/α,β-unsaturated/α-hetero) is 1. The van der Waals surface area contributed by atoms with E-state index in [0.717, 1.165) is 0 Å². The zero-order valence-electron chi connectivity index (χ0n) is 14.1. The Balaban J connectivity index is 5.09. The molecule has 9 heteroatoms. The second-order valence-corrected chi connectivity index (χ2v) is 5.23. The third-order valence-electron chi connectivity index (χ3n) is 3.45. The smallest absolute Gasteiger partial charge is 0.292 e. The topological polar surface area (TPSA) is 108 Å². The largest absolute Gasteiger partial charge is 0.344 e. The first-order chi connectivity index (χ1) is 10.9. The zero-order valence-corrected chi connectivity index (χ0v) is 15.3. The predicted octanol–water partition coefficient (Wildman–Crippen LogP) is -0.797. The maximum atomic E-state index is 12.5. The van der Waals surface area contributed by atoms with Gasteiger partial charge in [-0.2, -0.15) is 0 Å². The van der Waals surface area contributed by atoms with Crippen LogP contribution in [0.25, 0.3) is 0 Å². The minimum absolute atomic E-state index is 0.128. The number of rotatable bonds is 10. The highest BCUT2D eigenvalue weighted by atomic mass is 31.0.